The fraction of sp³-hybridized carbons (Fsp3) is 0.588. The van der Waals surface area contributed by atoms with Crippen LogP contribution >= 0.6 is 0 Å². The summed E-state index contributed by atoms with van der Waals surface area (Å²) in [4.78, 5) is 14.8. The maximum Gasteiger partial charge on any atom is 0.254 e. The molecule has 1 atom stereocenters. The highest BCUT2D eigenvalue weighted by atomic mass is 16.2. The number of nitrogens with one attached hydrogen (secondary N) is 1. The number of carbonyl (C=O) groups is 1. The van der Waals surface area contributed by atoms with Crippen molar-refractivity contribution in [2.75, 3.05) is 26.2 Å². The summed E-state index contributed by atoms with van der Waals surface area (Å²) >= 11 is 0. The van der Waals surface area contributed by atoms with Gasteiger partial charge < -0.3 is 10.2 Å². The Balaban J connectivity index is 2.12. The van der Waals surface area contributed by atoms with E-state index in [-0.39, 0.29) is 5.91 Å². The molecule has 1 aliphatic heterocycles. The van der Waals surface area contributed by atoms with E-state index in [9.17, 15) is 4.79 Å². The highest BCUT2D eigenvalue weighted by molar-refractivity contribution is 5.97. The topological polar surface area (TPSA) is 32.3 Å². The molecular weight excluding hydrogens is 248 g/mol. The SMILES string of the molecule is CCN(CC1CCCNC1)C(=O)c1c(C)cccc1C. The zero-order valence-electron chi connectivity index (χ0n) is 12.9. The van der Waals surface area contributed by atoms with Crippen molar-refractivity contribution in [1.82, 2.24) is 10.2 Å². The molecule has 1 aromatic rings. The minimum absolute atomic E-state index is 0.189. The van der Waals surface area contributed by atoms with Crippen LogP contribution in [-0.4, -0.2) is 37.0 Å². The lowest BCUT2D eigenvalue weighted by molar-refractivity contribution is 0.0727. The van der Waals surface area contributed by atoms with Gasteiger partial charge in [0.05, 0.1) is 0 Å². The minimum Gasteiger partial charge on any atom is -0.339 e. The van der Waals surface area contributed by atoms with Crippen LogP contribution in [0.2, 0.25) is 0 Å². The summed E-state index contributed by atoms with van der Waals surface area (Å²) in [6.45, 7) is 9.93. The molecule has 0 radical (unpaired) electrons. The third-order valence-corrected chi connectivity index (χ3v) is 4.24. The number of benzene rings is 1. The van der Waals surface area contributed by atoms with Gasteiger partial charge in [0.2, 0.25) is 0 Å². The highest BCUT2D eigenvalue weighted by Crippen LogP contribution is 2.18. The maximum atomic E-state index is 12.8. The molecule has 0 aromatic heterocycles. The second kappa shape index (κ2) is 6.89. The Morgan fingerprint density at radius 2 is 2.05 bits per heavy atom. The first kappa shape index (κ1) is 15.0. The zero-order chi connectivity index (χ0) is 14.5. The van der Waals surface area contributed by atoms with E-state index < -0.39 is 0 Å². The van der Waals surface area contributed by atoms with Crippen LogP contribution in [0.1, 0.15) is 41.3 Å². The van der Waals surface area contributed by atoms with Crippen LogP contribution in [0.4, 0.5) is 0 Å². The van der Waals surface area contributed by atoms with Gasteiger partial charge in [0, 0.05) is 18.7 Å². The normalized spacial score (nSPS) is 18.9. The molecular formula is C17H26N2O. The van der Waals surface area contributed by atoms with Gasteiger partial charge in [0.25, 0.3) is 5.91 Å². The van der Waals surface area contributed by atoms with Gasteiger partial charge in [-0.1, -0.05) is 18.2 Å². The van der Waals surface area contributed by atoms with Gasteiger partial charge in [-0.25, -0.2) is 0 Å². The van der Waals surface area contributed by atoms with Gasteiger partial charge in [0.15, 0.2) is 0 Å². The Kier molecular flexibility index (Phi) is 5.18. The molecule has 1 heterocycles. The molecule has 0 saturated carbocycles. The van der Waals surface area contributed by atoms with Gasteiger partial charge in [-0.2, -0.15) is 0 Å². The summed E-state index contributed by atoms with van der Waals surface area (Å²) in [5.74, 6) is 0.783. The molecule has 20 heavy (non-hydrogen) atoms. The van der Waals surface area contributed by atoms with Crippen molar-refractivity contribution in [3.05, 3.63) is 34.9 Å². The fourth-order valence-electron chi connectivity index (χ4n) is 3.06. The molecule has 1 fully saturated rings. The van der Waals surface area contributed by atoms with Gasteiger partial charge in [-0.05, 0) is 63.7 Å². The smallest absolute Gasteiger partial charge is 0.254 e. The van der Waals surface area contributed by atoms with Crippen molar-refractivity contribution in [1.29, 1.82) is 0 Å². The number of aryl methyl sites for hydroxylation is 2. The number of hydrogen-bond acceptors (Lipinski definition) is 2. The van der Waals surface area contributed by atoms with E-state index in [1.54, 1.807) is 0 Å². The molecule has 1 aromatic carbocycles. The molecule has 0 spiro atoms. The first-order valence-electron chi connectivity index (χ1n) is 7.69. The van der Waals surface area contributed by atoms with E-state index in [1.165, 1.54) is 12.8 Å². The summed E-state index contributed by atoms with van der Waals surface area (Å²) < 4.78 is 0. The Hall–Kier alpha value is -1.35. The van der Waals surface area contributed by atoms with Gasteiger partial charge in [-0.3, -0.25) is 4.79 Å². The first-order valence-corrected chi connectivity index (χ1v) is 7.69. The third kappa shape index (κ3) is 3.40. The third-order valence-electron chi connectivity index (χ3n) is 4.24. The lowest BCUT2D eigenvalue weighted by Crippen LogP contribution is -2.41. The molecule has 1 N–H and O–H groups in total. The predicted octanol–water partition coefficient (Wildman–Crippen LogP) is 2.77. The second-order valence-corrected chi connectivity index (χ2v) is 5.82. The summed E-state index contributed by atoms with van der Waals surface area (Å²) in [5.41, 5.74) is 3.04. The van der Waals surface area contributed by atoms with E-state index in [2.05, 4.69) is 12.2 Å². The molecule has 110 valence electrons. The van der Waals surface area contributed by atoms with E-state index in [1.807, 2.05) is 36.9 Å². The number of piperidine rings is 1. The summed E-state index contributed by atoms with van der Waals surface area (Å²) in [6.07, 6.45) is 2.45. The van der Waals surface area contributed by atoms with Crippen LogP contribution in [0.5, 0.6) is 0 Å². The molecule has 3 heteroatoms. The minimum atomic E-state index is 0.189. The number of nitrogens with zero attached hydrogens (tertiary/aromatic N) is 1. The number of amides is 1. The van der Waals surface area contributed by atoms with Gasteiger partial charge in [0.1, 0.15) is 0 Å². The zero-order valence-corrected chi connectivity index (χ0v) is 12.9. The molecule has 3 nitrogen and oxygen atoms in total. The average molecular weight is 274 g/mol. The Morgan fingerprint density at radius 3 is 2.60 bits per heavy atom. The number of carbonyl (C=O) groups excluding carboxylic acids is 1. The van der Waals surface area contributed by atoms with Crippen LogP contribution < -0.4 is 5.32 Å². The van der Waals surface area contributed by atoms with Crippen molar-refractivity contribution in [2.45, 2.75) is 33.6 Å². The van der Waals surface area contributed by atoms with Crippen LogP contribution in [0.3, 0.4) is 0 Å². The quantitative estimate of drug-likeness (QED) is 0.915. The van der Waals surface area contributed by atoms with Crippen molar-refractivity contribution in [3.8, 4) is 0 Å². The maximum absolute atomic E-state index is 12.8. The van der Waals surface area contributed by atoms with Crippen LogP contribution in [0.25, 0.3) is 0 Å². The number of hydrogen-bond donors (Lipinski definition) is 1. The van der Waals surface area contributed by atoms with Crippen molar-refractivity contribution < 1.29 is 4.79 Å². The molecule has 0 bridgehead atoms. The first-order chi connectivity index (χ1) is 9.63. The lowest BCUT2D eigenvalue weighted by atomic mass is 9.97. The molecule has 1 unspecified atom stereocenters. The Bertz CT molecular complexity index is 444. The van der Waals surface area contributed by atoms with E-state index in [0.717, 1.165) is 42.9 Å². The monoisotopic (exact) mass is 274 g/mol. The van der Waals surface area contributed by atoms with Gasteiger partial charge >= 0.3 is 0 Å². The van der Waals surface area contributed by atoms with E-state index >= 15 is 0 Å². The molecule has 0 aliphatic carbocycles. The predicted molar refractivity (Wildman–Crippen MR) is 83.1 cm³/mol. The highest BCUT2D eigenvalue weighted by Gasteiger charge is 2.22. The van der Waals surface area contributed by atoms with Crippen LogP contribution in [0, 0.1) is 19.8 Å². The Morgan fingerprint density at radius 1 is 1.35 bits per heavy atom. The van der Waals surface area contributed by atoms with E-state index in [0.29, 0.717) is 5.92 Å². The second-order valence-electron chi connectivity index (χ2n) is 5.82. The standard InChI is InChI=1S/C17H26N2O/c1-4-19(12-15-9-6-10-18-11-15)17(20)16-13(2)7-5-8-14(16)3/h5,7-8,15,18H,4,6,9-12H2,1-3H3. The average Bonchev–Trinajstić information content (AvgIpc) is 2.45. The van der Waals surface area contributed by atoms with E-state index in [4.69, 9.17) is 0 Å². The van der Waals surface area contributed by atoms with Crippen molar-refractivity contribution >= 4 is 5.91 Å². The summed E-state index contributed by atoms with van der Waals surface area (Å²) in [5, 5.41) is 3.43. The van der Waals surface area contributed by atoms with Crippen molar-refractivity contribution in [2.24, 2.45) is 5.92 Å². The lowest BCUT2D eigenvalue weighted by Gasteiger charge is -2.30. The molecule has 1 saturated heterocycles. The summed E-state index contributed by atoms with van der Waals surface area (Å²) in [6, 6.07) is 6.06. The van der Waals surface area contributed by atoms with Crippen LogP contribution in [0.15, 0.2) is 18.2 Å². The number of rotatable bonds is 4. The molecule has 1 amide bonds. The fourth-order valence-corrected chi connectivity index (χ4v) is 3.06. The largest absolute Gasteiger partial charge is 0.339 e. The van der Waals surface area contributed by atoms with Crippen molar-refractivity contribution in [3.63, 3.8) is 0 Å². The molecule has 2 rings (SSSR count). The molecule has 1 aliphatic rings. The van der Waals surface area contributed by atoms with Gasteiger partial charge in [-0.15, -0.1) is 0 Å². The summed E-state index contributed by atoms with van der Waals surface area (Å²) in [7, 11) is 0. The Labute approximate surface area is 122 Å². The van der Waals surface area contributed by atoms with Crippen LogP contribution in [-0.2, 0) is 0 Å².